The number of hydrogen-bond acceptors (Lipinski definition) is 4. The molecule has 2 aromatic carbocycles. The maximum absolute atomic E-state index is 14.0. The third-order valence-electron chi connectivity index (χ3n) is 3.42. The van der Waals surface area contributed by atoms with Gasteiger partial charge in [-0.1, -0.05) is 17.7 Å². The first-order valence-electron chi connectivity index (χ1n) is 8.35. The summed E-state index contributed by atoms with van der Waals surface area (Å²) in [5, 5.41) is 12.7. The molecule has 0 heterocycles. The molecule has 2 N–H and O–H groups in total. The van der Waals surface area contributed by atoms with E-state index in [0.29, 0.717) is 11.1 Å². The Balaban J connectivity index is 1.94. The van der Waals surface area contributed by atoms with Gasteiger partial charge in [-0.15, -0.1) is 0 Å². The van der Waals surface area contributed by atoms with Crippen LogP contribution in [0.1, 0.15) is 26.3 Å². The largest absolute Gasteiger partial charge is 0.504 e. The second kappa shape index (κ2) is 8.08. The minimum atomic E-state index is -0.565. The molecule has 0 radical (unpaired) electrons. The molecule has 2 aromatic rings. The number of hydrogen-bond donors (Lipinski definition) is 2. The number of aromatic hydroxyl groups is 1. The van der Waals surface area contributed by atoms with Crippen LogP contribution in [0, 0.1) is 12.7 Å². The second-order valence-electron chi connectivity index (χ2n) is 6.94. The van der Waals surface area contributed by atoms with Crippen molar-refractivity contribution in [3.63, 3.8) is 0 Å². The Bertz CT molecular complexity index is 784. The summed E-state index contributed by atoms with van der Waals surface area (Å²) < 4.78 is 24.5. The number of benzene rings is 2. The highest BCUT2D eigenvalue weighted by Crippen LogP contribution is 2.33. The van der Waals surface area contributed by atoms with Crippen LogP contribution in [0.4, 0.5) is 9.18 Å². The van der Waals surface area contributed by atoms with Crippen molar-refractivity contribution in [2.45, 2.75) is 33.3 Å². The predicted molar refractivity (Wildman–Crippen MR) is 98.0 cm³/mol. The van der Waals surface area contributed by atoms with Gasteiger partial charge in [-0.2, -0.15) is 0 Å². The van der Waals surface area contributed by atoms with E-state index in [1.54, 1.807) is 45.0 Å². The zero-order valence-electron chi connectivity index (χ0n) is 15.4. The average Bonchev–Trinajstić information content (AvgIpc) is 2.53. The van der Waals surface area contributed by atoms with Crippen LogP contribution in [0.25, 0.3) is 11.1 Å². The second-order valence-corrected chi connectivity index (χ2v) is 6.94. The van der Waals surface area contributed by atoms with E-state index in [1.165, 1.54) is 12.1 Å². The number of amides is 1. The van der Waals surface area contributed by atoms with E-state index < -0.39 is 11.7 Å². The van der Waals surface area contributed by atoms with Crippen molar-refractivity contribution < 1.29 is 23.8 Å². The first-order chi connectivity index (χ1) is 12.2. The lowest BCUT2D eigenvalue weighted by atomic mass is 10.0. The Morgan fingerprint density at radius 1 is 1.19 bits per heavy atom. The Hall–Kier alpha value is -2.76. The van der Waals surface area contributed by atoms with Gasteiger partial charge in [-0.05, 0) is 57.5 Å². The number of carbonyl (C=O) groups excluding carboxylic acids is 1. The van der Waals surface area contributed by atoms with Crippen molar-refractivity contribution in [1.29, 1.82) is 0 Å². The van der Waals surface area contributed by atoms with Crippen LogP contribution < -0.4 is 10.1 Å². The van der Waals surface area contributed by atoms with Crippen LogP contribution in [-0.4, -0.2) is 30.0 Å². The molecular formula is C20H24FNO4. The fourth-order valence-electron chi connectivity index (χ4n) is 2.30. The summed E-state index contributed by atoms with van der Waals surface area (Å²) in [6.45, 7) is 7.59. The molecule has 0 aromatic heterocycles. The number of carbonyl (C=O) groups is 1. The number of nitrogens with one attached hydrogen (secondary N) is 1. The van der Waals surface area contributed by atoms with Crippen LogP contribution >= 0.6 is 0 Å². The van der Waals surface area contributed by atoms with E-state index in [0.717, 1.165) is 5.56 Å². The lowest BCUT2D eigenvalue weighted by Crippen LogP contribution is -2.34. The lowest BCUT2D eigenvalue weighted by Gasteiger charge is -2.19. The zero-order chi connectivity index (χ0) is 19.3. The average molecular weight is 361 g/mol. The molecule has 0 aliphatic rings. The molecule has 2 rings (SSSR count). The molecule has 0 aliphatic carbocycles. The van der Waals surface area contributed by atoms with Crippen molar-refractivity contribution in [2.75, 3.05) is 13.2 Å². The normalized spacial score (nSPS) is 11.1. The monoisotopic (exact) mass is 361 g/mol. The molecule has 0 spiro atoms. The molecule has 0 unspecified atom stereocenters. The molecule has 0 aliphatic heterocycles. The molecule has 6 heteroatoms. The van der Waals surface area contributed by atoms with Gasteiger partial charge < -0.3 is 19.9 Å². The van der Waals surface area contributed by atoms with Crippen molar-refractivity contribution in [1.82, 2.24) is 5.32 Å². The maximum atomic E-state index is 14.0. The van der Waals surface area contributed by atoms with Crippen LogP contribution in [0.2, 0.25) is 0 Å². The van der Waals surface area contributed by atoms with Crippen molar-refractivity contribution >= 4 is 6.09 Å². The molecule has 1 amide bonds. The molecule has 0 bridgehead atoms. The summed E-state index contributed by atoms with van der Waals surface area (Å²) >= 11 is 0. The van der Waals surface area contributed by atoms with Gasteiger partial charge in [0.2, 0.25) is 0 Å². The fraction of sp³-hybridized carbons (Fsp3) is 0.350. The van der Waals surface area contributed by atoms with Gasteiger partial charge in [0.25, 0.3) is 0 Å². The summed E-state index contributed by atoms with van der Waals surface area (Å²) in [5.74, 6) is -0.196. The maximum Gasteiger partial charge on any atom is 0.407 e. The topological polar surface area (TPSA) is 67.8 Å². The van der Waals surface area contributed by atoms with E-state index in [1.807, 2.05) is 6.92 Å². The van der Waals surface area contributed by atoms with Crippen LogP contribution in [0.5, 0.6) is 11.5 Å². The van der Waals surface area contributed by atoms with Gasteiger partial charge in [0.15, 0.2) is 11.5 Å². The lowest BCUT2D eigenvalue weighted by molar-refractivity contribution is 0.0520. The number of rotatable bonds is 5. The minimum absolute atomic E-state index is 0.0966. The number of ether oxygens (including phenoxy) is 2. The minimum Gasteiger partial charge on any atom is -0.504 e. The van der Waals surface area contributed by atoms with Gasteiger partial charge >= 0.3 is 6.09 Å². The highest BCUT2D eigenvalue weighted by Gasteiger charge is 2.15. The molecule has 140 valence electrons. The Kier molecular flexibility index (Phi) is 6.08. The van der Waals surface area contributed by atoms with Crippen molar-refractivity contribution in [2.24, 2.45) is 0 Å². The Labute approximate surface area is 152 Å². The molecule has 0 saturated heterocycles. The summed E-state index contributed by atoms with van der Waals surface area (Å²) in [5.41, 5.74) is 1.33. The van der Waals surface area contributed by atoms with E-state index >= 15 is 0 Å². The van der Waals surface area contributed by atoms with Gasteiger partial charge in [0.05, 0.1) is 6.54 Å². The zero-order valence-corrected chi connectivity index (χ0v) is 15.4. The number of aryl methyl sites for hydroxylation is 1. The molecular weight excluding hydrogens is 337 g/mol. The third kappa shape index (κ3) is 5.65. The summed E-state index contributed by atoms with van der Waals surface area (Å²) in [6.07, 6.45) is -0.532. The number of phenolic OH excluding ortho intramolecular Hbond substituents is 1. The first kappa shape index (κ1) is 19.6. The molecule has 26 heavy (non-hydrogen) atoms. The van der Waals surface area contributed by atoms with Crippen LogP contribution in [0.15, 0.2) is 36.4 Å². The third-order valence-corrected chi connectivity index (χ3v) is 3.42. The van der Waals surface area contributed by atoms with Gasteiger partial charge in [-0.3, -0.25) is 0 Å². The SMILES string of the molecule is Cc1ccc(F)c(-c2ccc(OCCNC(=O)OC(C)(C)C)c(O)c2)c1. The fourth-order valence-corrected chi connectivity index (χ4v) is 2.30. The standard InChI is InChI=1S/C20H24FNO4/c1-13-5-7-16(21)15(11-13)14-6-8-18(17(23)12-14)25-10-9-22-19(24)26-20(2,3)4/h5-8,11-12,23H,9-10H2,1-4H3,(H,22,24). The smallest absolute Gasteiger partial charge is 0.407 e. The molecule has 5 nitrogen and oxygen atoms in total. The highest BCUT2D eigenvalue weighted by atomic mass is 19.1. The number of alkyl carbamates (subject to hydrolysis) is 1. The van der Waals surface area contributed by atoms with Crippen molar-refractivity contribution in [3.8, 4) is 22.6 Å². The highest BCUT2D eigenvalue weighted by molar-refractivity contribution is 5.68. The summed E-state index contributed by atoms with van der Waals surface area (Å²) in [7, 11) is 0. The number of phenols is 1. The van der Waals surface area contributed by atoms with Crippen molar-refractivity contribution in [3.05, 3.63) is 47.8 Å². The van der Waals surface area contributed by atoms with E-state index in [9.17, 15) is 14.3 Å². The van der Waals surface area contributed by atoms with Crippen LogP contribution in [0.3, 0.4) is 0 Å². The first-order valence-corrected chi connectivity index (χ1v) is 8.35. The van der Waals surface area contributed by atoms with E-state index in [4.69, 9.17) is 9.47 Å². The van der Waals surface area contributed by atoms with Crippen LogP contribution in [-0.2, 0) is 4.74 Å². The Morgan fingerprint density at radius 3 is 2.58 bits per heavy atom. The van der Waals surface area contributed by atoms with Gasteiger partial charge in [0, 0.05) is 5.56 Å². The summed E-state index contributed by atoms with van der Waals surface area (Å²) in [4.78, 5) is 11.5. The molecule has 0 saturated carbocycles. The summed E-state index contributed by atoms with van der Waals surface area (Å²) in [6, 6.07) is 9.50. The quantitative estimate of drug-likeness (QED) is 0.774. The van der Waals surface area contributed by atoms with Gasteiger partial charge in [0.1, 0.15) is 18.0 Å². The molecule has 0 atom stereocenters. The van der Waals surface area contributed by atoms with E-state index in [-0.39, 0.29) is 30.5 Å². The van der Waals surface area contributed by atoms with Gasteiger partial charge in [-0.25, -0.2) is 9.18 Å². The Morgan fingerprint density at radius 2 is 1.92 bits per heavy atom. The molecule has 0 fully saturated rings. The number of halogens is 1. The predicted octanol–water partition coefficient (Wildman–Crippen LogP) is 4.41. The van der Waals surface area contributed by atoms with E-state index in [2.05, 4.69) is 5.32 Å².